The molecule has 1 amide bonds. The van der Waals surface area contributed by atoms with E-state index in [4.69, 9.17) is 5.73 Å². The van der Waals surface area contributed by atoms with Gasteiger partial charge in [0, 0.05) is 17.9 Å². The van der Waals surface area contributed by atoms with Gasteiger partial charge in [0.1, 0.15) is 22.8 Å². The van der Waals surface area contributed by atoms with Crippen molar-refractivity contribution in [3.63, 3.8) is 0 Å². The number of carbonyl (C=O) groups excluding carboxylic acids is 3. The minimum atomic E-state index is -2.52. The first-order valence-corrected chi connectivity index (χ1v) is 8.87. The summed E-state index contributed by atoms with van der Waals surface area (Å²) in [4.78, 5) is 37.0. The van der Waals surface area contributed by atoms with Crippen LogP contribution in [0.15, 0.2) is 29.0 Å². The number of aryl methyl sites for hydroxylation is 1. The van der Waals surface area contributed by atoms with E-state index in [0.717, 1.165) is 5.56 Å². The van der Waals surface area contributed by atoms with Crippen molar-refractivity contribution in [2.45, 2.75) is 31.8 Å². The van der Waals surface area contributed by atoms with Crippen LogP contribution in [0, 0.1) is 18.8 Å². The van der Waals surface area contributed by atoms with E-state index < -0.39 is 52.0 Å². The summed E-state index contributed by atoms with van der Waals surface area (Å²) in [5, 5.41) is 42.5. The van der Waals surface area contributed by atoms with Crippen LogP contribution in [0.1, 0.15) is 29.5 Å². The van der Waals surface area contributed by atoms with Crippen LogP contribution in [0.3, 0.4) is 0 Å². The molecule has 0 aliphatic heterocycles. The van der Waals surface area contributed by atoms with E-state index in [-0.39, 0.29) is 29.7 Å². The molecule has 0 bridgehead atoms. The molecule has 8 heteroatoms. The van der Waals surface area contributed by atoms with E-state index >= 15 is 0 Å². The van der Waals surface area contributed by atoms with Gasteiger partial charge in [0.2, 0.25) is 5.78 Å². The number of phenols is 1. The SMILES string of the molecule is Cc1ccc(O)c2c1CC1CC3CC(=O)C(C(N)=O)=C(O)[C@@]3(O)C(=O)C1=C2O. The van der Waals surface area contributed by atoms with Gasteiger partial charge in [-0.25, -0.2) is 0 Å². The third-order valence-corrected chi connectivity index (χ3v) is 6.18. The monoisotopic (exact) mass is 385 g/mol. The van der Waals surface area contributed by atoms with Crippen LogP contribution in [0.5, 0.6) is 5.75 Å². The number of rotatable bonds is 1. The molecule has 3 aliphatic carbocycles. The van der Waals surface area contributed by atoms with Crippen LogP contribution in [-0.2, 0) is 20.8 Å². The van der Waals surface area contributed by atoms with E-state index in [0.29, 0.717) is 12.0 Å². The van der Waals surface area contributed by atoms with E-state index in [2.05, 4.69) is 0 Å². The summed E-state index contributed by atoms with van der Waals surface area (Å²) in [6, 6.07) is 3.10. The highest BCUT2D eigenvalue weighted by Gasteiger charge is 2.60. The molecule has 28 heavy (non-hydrogen) atoms. The first-order valence-electron chi connectivity index (χ1n) is 8.87. The van der Waals surface area contributed by atoms with Gasteiger partial charge in [0.05, 0.1) is 5.56 Å². The lowest BCUT2D eigenvalue weighted by Crippen LogP contribution is -2.58. The number of carbonyl (C=O) groups is 3. The van der Waals surface area contributed by atoms with Crippen molar-refractivity contribution in [2.24, 2.45) is 17.6 Å². The Kier molecular flexibility index (Phi) is 3.70. The summed E-state index contributed by atoms with van der Waals surface area (Å²) in [7, 11) is 0. The summed E-state index contributed by atoms with van der Waals surface area (Å²) in [6.45, 7) is 1.81. The van der Waals surface area contributed by atoms with Crippen LogP contribution >= 0.6 is 0 Å². The number of phenolic OH excluding ortho intramolecular Hbond substituents is 1. The minimum Gasteiger partial charge on any atom is -0.508 e. The Morgan fingerprint density at radius 3 is 2.50 bits per heavy atom. The zero-order valence-corrected chi connectivity index (χ0v) is 15.0. The van der Waals surface area contributed by atoms with Crippen molar-refractivity contribution < 1.29 is 34.8 Å². The lowest BCUT2D eigenvalue weighted by atomic mass is 9.59. The molecule has 0 heterocycles. The van der Waals surface area contributed by atoms with Gasteiger partial charge in [0.25, 0.3) is 5.91 Å². The number of hydrogen-bond acceptors (Lipinski definition) is 7. The van der Waals surface area contributed by atoms with Crippen LogP contribution in [0.25, 0.3) is 5.76 Å². The van der Waals surface area contributed by atoms with Gasteiger partial charge < -0.3 is 26.2 Å². The zero-order valence-electron chi connectivity index (χ0n) is 15.0. The number of hydrogen-bond donors (Lipinski definition) is 5. The molecule has 1 fully saturated rings. The van der Waals surface area contributed by atoms with Crippen molar-refractivity contribution in [2.75, 3.05) is 0 Å². The first kappa shape index (κ1) is 18.2. The van der Waals surface area contributed by atoms with E-state index in [1.54, 1.807) is 6.07 Å². The van der Waals surface area contributed by atoms with Gasteiger partial charge in [-0.1, -0.05) is 6.07 Å². The maximum Gasteiger partial charge on any atom is 0.255 e. The Morgan fingerprint density at radius 2 is 1.86 bits per heavy atom. The van der Waals surface area contributed by atoms with Crippen LogP contribution in [0.2, 0.25) is 0 Å². The summed E-state index contributed by atoms with van der Waals surface area (Å²) in [6.07, 6.45) is 0.146. The lowest BCUT2D eigenvalue weighted by Gasteiger charge is -2.46. The summed E-state index contributed by atoms with van der Waals surface area (Å²) >= 11 is 0. The Bertz CT molecular complexity index is 1040. The third kappa shape index (κ3) is 2.12. The number of benzene rings is 1. The fourth-order valence-corrected chi connectivity index (χ4v) is 4.78. The van der Waals surface area contributed by atoms with Crippen molar-refractivity contribution in [1.29, 1.82) is 0 Å². The molecule has 3 aliphatic rings. The molecule has 6 N–H and O–H groups in total. The normalized spacial score (nSPS) is 29.4. The molecule has 0 saturated heterocycles. The second kappa shape index (κ2) is 5.68. The fourth-order valence-electron chi connectivity index (χ4n) is 4.78. The molecule has 1 aromatic rings. The average Bonchev–Trinajstić information content (AvgIpc) is 2.61. The van der Waals surface area contributed by atoms with Crippen LogP contribution in [-0.4, -0.2) is 43.5 Å². The molecule has 1 aromatic carbocycles. The average molecular weight is 385 g/mol. The lowest BCUT2D eigenvalue weighted by molar-refractivity contribution is -0.147. The largest absolute Gasteiger partial charge is 0.508 e. The zero-order chi connectivity index (χ0) is 20.5. The molecular formula is C20H19NO7. The highest BCUT2D eigenvalue weighted by molar-refractivity contribution is 6.22. The molecule has 4 rings (SSSR count). The smallest absolute Gasteiger partial charge is 0.255 e. The molecule has 0 aromatic heterocycles. The molecule has 146 valence electrons. The Hall–Kier alpha value is -3.13. The second-order valence-corrected chi connectivity index (χ2v) is 7.66. The van der Waals surface area contributed by atoms with Crippen LogP contribution in [0.4, 0.5) is 0 Å². The van der Waals surface area contributed by atoms with Gasteiger partial charge in [0.15, 0.2) is 11.4 Å². The molecule has 1 saturated carbocycles. The maximum absolute atomic E-state index is 13.2. The molecular weight excluding hydrogens is 366 g/mol. The molecule has 0 spiro atoms. The molecule has 8 nitrogen and oxygen atoms in total. The number of amides is 1. The van der Waals surface area contributed by atoms with Crippen molar-refractivity contribution in [3.8, 4) is 5.75 Å². The number of primary amides is 1. The van der Waals surface area contributed by atoms with Crippen LogP contribution < -0.4 is 5.73 Å². The van der Waals surface area contributed by atoms with Gasteiger partial charge in [-0.15, -0.1) is 0 Å². The molecule has 2 unspecified atom stereocenters. The Morgan fingerprint density at radius 1 is 1.18 bits per heavy atom. The summed E-state index contributed by atoms with van der Waals surface area (Å²) in [5.41, 5.74) is 3.33. The van der Waals surface area contributed by atoms with E-state index in [1.165, 1.54) is 6.07 Å². The van der Waals surface area contributed by atoms with Crippen molar-refractivity contribution >= 4 is 23.2 Å². The number of aliphatic hydroxyl groups is 3. The quantitative estimate of drug-likeness (QED) is 0.446. The van der Waals surface area contributed by atoms with Crippen molar-refractivity contribution in [1.82, 2.24) is 0 Å². The summed E-state index contributed by atoms with van der Waals surface area (Å²) < 4.78 is 0. The highest BCUT2D eigenvalue weighted by Crippen LogP contribution is 2.52. The number of Topliss-reactive ketones (excluding diaryl/α,β-unsaturated/α-hetero) is 2. The number of nitrogens with two attached hydrogens (primary N) is 1. The fraction of sp³-hybridized carbons (Fsp3) is 0.350. The summed E-state index contributed by atoms with van der Waals surface area (Å²) in [5.74, 6) is -6.13. The van der Waals surface area contributed by atoms with Gasteiger partial charge in [-0.3, -0.25) is 14.4 Å². The topological polar surface area (TPSA) is 158 Å². The first-order chi connectivity index (χ1) is 13.1. The maximum atomic E-state index is 13.2. The highest BCUT2D eigenvalue weighted by atomic mass is 16.3. The number of aromatic hydroxyl groups is 1. The standard InChI is InChI=1S/C20H19NO7/c1-7-2-3-11(22)14-10(7)5-8-4-9-6-12(23)15(19(21)27)18(26)20(9,28)17(25)13(8)16(14)24/h2-3,8-9,22,24,26,28H,4-6H2,1H3,(H2,21,27)/t8?,9?,20-/m0/s1. The third-order valence-electron chi connectivity index (χ3n) is 6.18. The number of fused-ring (bicyclic) bond motifs is 3. The molecule has 3 atom stereocenters. The predicted molar refractivity (Wildman–Crippen MR) is 96.1 cm³/mol. The van der Waals surface area contributed by atoms with Gasteiger partial charge >= 0.3 is 0 Å². The predicted octanol–water partition coefficient (Wildman–Crippen LogP) is 0.732. The van der Waals surface area contributed by atoms with Gasteiger partial charge in [-0.05, 0) is 42.9 Å². The number of aliphatic hydroxyl groups excluding tert-OH is 2. The van der Waals surface area contributed by atoms with Crippen molar-refractivity contribution in [3.05, 3.63) is 45.7 Å². The Labute approximate surface area is 159 Å². The second-order valence-electron chi connectivity index (χ2n) is 7.66. The molecule has 0 radical (unpaired) electrons. The van der Waals surface area contributed by atoms with E-state index in [1.807, 2.05) is 6.92 Å². The minimum absolute atomic E-state index is 0.118. The van der Waals surface area contributed by atoms with E-state index in [9.17, 15) is 34.8 Å². The van der Waals surface area contributed by atoms with Gasteiger partial charge in [-0.2, -0.15) is 0 Å². The Balaban J connectivity index is 1.95. The number of ketones is 2.